The molecule has 5 nitrogen and oxygen atoms in total. The lowest BCUT2D eigenvalue weighted by Gasteiger charge is -2.22. The van der Waals surface area contributed by atoms with Gasteiger partial charge in [0.1, 0.15) is 6.04 Å². The van der Waals surface area contributed by atoms with Gasteiger partial charge in [0.05, 0.1) is 15.2 Å². The summed E-state index contributed by atoms with van der Waals surface area (Å²) in [6, 6.07) is 12.3. The third-order valence-electron chi connectivity index (χ3n) is 4.28. The lowest BCUT2D eigenvalue weighted by atomic mass is 10.0. The molecule has 140 valence electrons. The van der Waals surface area contributed by atoms with Gasteiger partial charge in [-0.1, -0.05) is 31.5 Å². The zero-order valence-electron chi connectivity index (χ0n) is 15.9. The molecule has 0 spiro atoms. The maximum atomic E-state index is 12.8. The molecule has 0 aliphatic rings. The number of anilines is 1. The first-order chi connectivity index (χ1) is 12.8. The fourth-order valence-electron chi connectivity index (χ4n) is 2.88. The summed E-state index contributed by atoms with van der Waals surface area (Å²) in [4.78, 5) is 29.8. The fraction of sp³-hybridized carbons (Fsp3) is 0.286. The summed E-state index contributed by atoms with van der Waals surface area (Å²) in [7, 11) is 0. The average Bonchev–Trinajstić information content (AvgIpc) is 2.98. The number of nitrogens with zero attached hydrogens (tertiary/aromatic N) is 1. The molecule has 0 saturated heterocycles. The summed E-state index contributed by atoms with van der Waals surface area (Å²) >= 11 is 1.59. The van der Waals surface area contributed by atoms with Crippen LogP contribution in [-0.4, -0.2) is 22.8 Å². The van der Waals surface area contributed by atoms with E-state index in [0.717, 1.165) is 20.8 Å². The van der Waals surface area contributed by atoms with Crippen molar-refractivity contribution < 1.29 is 9.59 Å². The molecule has 1 heterocycles. The minimum Gasteiger partial charge on any atom is -0.340 e. The van der Waals surface area contributed by atoms with Crippen LogP contribution in [0.4, 0.5) is 5.69 Å². The van der Waals surface area contributed by atoms with Crippen molar-refractivity contribution in [1.82, 2.24) is 10.3 Å². The van der Waals surface area contributed by atoms with Crippen molar-refractivity contribution in [2.45, 2.75) is 33.7 Å². The number of carbonyl (C=O) groups is 2. The van der Waals surface area contributed by atoms with Crippen molar-refractivity contribution >= 4 is 39.1 Å². The predicted octanol–water partition coefficient (Wildman–Crippen LogP) is 4.31. The Hall–Kier alpha value is -2.73. The van der Waals surface area contributed by atoms with Crippen molar-refractivity contribution in [2.24, 2.45) is 5.92 Å². The molecule has 2 N–H and O–H groups in total. The van der Waals surface area contributed by atoms with Crippen molar-refractivity contribution in [3.63, 3.8) is 0 Å². The zero-order valence-corrected chi connectivity index (χ0v) is 16.7. The maximum absolute atomic E-state index is 12.8. The first-order valence-electron chi connectivity index (χ1n) is 8.89. The molecular formula is C21H23N3O2S. The lowest BCUT2D eigenvalue weighted by Crippen LogP contribution is -2.47. The van der Waals surface area contributed by atoms with Crippen LogP contribution in [0.1, 0.15) is 34.8 Å². The van der Waals surface area contributed by atoms with E-state index in [4.69, 9.17) is 0 Å². The molecule has 27 heavy (non-hydrogen) atoms. The topological polar surface area (TPSA) is 71.1 Å². The Kier molecular flexibility index (Phi) is 5.56. The monoisotopic (exact) mass is 381 g/mol. The van der Waals surface area contributed by atoms with Gasteiger partial charge in [-0.15, -0.1) is 11.3 Å². The predicted molar refractivity (Wildman–Crippen MR) is 110 cm³/mol. The van der Waals surface area contributed by atoms with Gasteiger partial charge in [-0.2, -0.15) is 0 Å². The second-order valence-corrected chi connectivity index (χ2v) is 8.20. The quantitative estimate of drug-likeness (QED) is 0.692. The Morgan fingerprint density at radius 2 is 1.85 bits per heavy atom. The van der Waals surface area contributed by atoms with Gasteiger partial charge >= 0.3 is 0 Å². The van der Waals surface area contributed by atoms with E-state index in [9.17, 15) is 9.59 Å². The minimum atomic E-state index is -0.628. The smallest absolute Gasteiger partial charge is 0.251 e. The number of aryl methyl sites for hydroxylation is 2. The number of hydrogen-bond donors (Lipinski definition) is 2. The second-order valence-electron chi connectivity index (χ2n) is 6.97. The van der Waals surface area contributed by atoms with Gasteiger partial charge in [0.2, 0.25) is 5.91 Å². The fourth-order valence-corrected chi connectivity index (χ4v) is 3.75. The molecule has 0 radical (unpaired) electrons. The molecule has 0 aliphatic carbocycles. The molecule has 2 aromatic carbocycles. The molecule has 2 amide bonds. The van der Waals surface area contributed by atoms with Crippen LogP contribution in [0.25, 0.3) is 10.2 Å². The summed E-state index contributed by atoms with van der Waals surface area (Å²) in [6.45, 7) is 7.71. The third-order valence-corrected chi connectivity index (χ3v) is 5.21. The maximum Gasteiger partial charge on any atom is 0.251 e. The molecule has 0 saturated carbocycles. The minimum absolute atomic E-state index is 0.0480. The van der Waals surface area contributed by atoms with Gasteiger partial charge in [0, 0.05) is 11.3 Å². The highest BCUT2D eigenvalue weighted by Gasteiger charge is 2.25. The first kappa shape index (κ1) is 19.0. The van der Waals surface area contributed by atoms with Crippen LogP contribution in [0.3, 0.4) is 0 Å². The van der Waals surface area contributed by atoms with Gasteiger partial charge in [0.15, 0.2) is 0 Å². The largest absolute Gasteiger partial charge is 0.340 e. The molecule has 0 aliphatic heterocycles. The number of nitrogens with one attached hydrogen (secondary N) is 2. The number of carbonyl (C=O) groups excluding carboxylic acids is 2. The van der Waals surface area contributed by atoms with E-state index < -0.39 is 6.04 Å². The van der Waals surface area contributed by atoms with Gasteiger partial charge in [-0.25, -0.2) is 4.98 Å². The van der Waals surface area contributed by atoms with Crippen LogP contribution in [0, 0.1) is 19.8 Å². The summed E-state index contributed by atoms with van der Waals surface area (Å²) < 4.78 is 1.02. The molecule has 6 heteroatoms. The highest BCUT2D eigenvalue weighted by molar-refractivity contribution is 7.18. The van der Waals surface area contributed by atoms with E-state index in [1.165, 1.54) is 0 Å². The third kappa shape index (κ3) is 4.52. The van der Waals surface area contributed by atoms with Crippen LogP contribution in [0.5, 0.6) is 0 Å². The number of aromatic nitrogens is 1. The normalized spacial score (nSPS) is 12.2. The van der Waals surface area contributed by atoms with E-state index in [2.05, 4.69) is 15.6 Å². The summed E-state index contributed by atoms with van der Waals surface area (Å²) in [5.74, 6) is -0.527. The van der Waals surface area contributed by atoms with Gasteiger partial charge in [-0.3, -0.25) is 9.59 Å². The van der Waals surface area contributed by atoms with Gasteiger partial charge in [-0.05, 0) is 50.1 Å². The van der Waals surface area contributed by atoms with Crippen molar-refractivity contribution in [1.29, 1.82) is 0 Å². The highest BCUT2D eigenvalue weighted by atomic mass is 32.1. The lowest BCUT2D eigenvalue weighted by molar-refractivity contribution is -0.118. The molecule has 3 rings (SSSR count). The summed E-state index contributed by atoms with van der Waals surface area (Å²) in [5, 5.41) is 6.76. The Bertz CT molecular complexity index is 994. The van der Waals surface area contributed by atoms with Crippen LogP contribution in [0.2, 0.25) is 0 Å². The average molecular weight is 382 g/mol. The van der Waals surface area contributed by atoms with Gasteiger partial charge in [0.25, 0.3) is 5.91 Å². The van der Waals surface area contributed by atoms with Crippen LogP contribution in [-0.2, 0) is 4.79 Å². The highest BCUT2D eigenvalue weighted by Crippen LogP contribution is 2.25. The first-order valence-corrected chi connectivity index (χ1v) is 9.70. The standard InChI is InChI=1S/C21H23N3O2S/c1-12(2)19(24-20(25)15-7-5-6-13(3)10-15)21(26)23-16-8-9-17-18(11-16)27-14(4)22-17/h5-12,19H,1-4H3,(H,23,26)(H,24,25)/t19-/m0/s1. The molecule has 0 bridgehead atoms. The summed E-state index contributed by atoms with van der Waals surface area (Å²) in [5.41, 5.74) is 3.17. The Balaban J connectivity index is 1.75. The Labute approximate surface area is 162 Å². The molecule has 0 fully saturated rings. The summed E-state index contributed by atoms with van der Waals surface area (Å²) in [6.07, 6.45) is 0. The number of amides is 2. The van der Waals surface area contributed by atoms with E-state index in [1.54, 1.807) is 17.4 Å². The molecule has 1 atom stereocenters. The van der Waals surface area contributed by atoms with Crippen molar-refractivity contribution in [2.75, 3.05) is 5.32 Å². The number of rotatable bonds is 5. The second kappa shape index (κ2) is 7.88. The zero-order chi connectivity index (χ0) is 19.6. The van der Waals surface area contributed by atoms with Crippen LogP contribution in [0.15, 0.2) is 42.5 Å². The SMILES string of the molecule is Cc1cccc(C(=O)N[C@H](C(=O)Nc2ccc3nc(C)sc3c2)C(C)C)c1. The van der Waals surface area contributed by atoms with E-state index in [-0.39, 0.29) is 17.7 Å². The Morgan fingerprint density at radius 3 is 2.56 bits per heavy atom. The van der Waals surface area contributed by atoms with Crippen LogP contribution >= 0.6 is 11.3 Å². The van der Waals surface area contributed by atoms with Crippen LogP contribution < -0.4 is 10.6 Å². The van der Waals surface area contributed by atoms with Crippen molar-refractivity contribution in [3.05, 3.63) is 58.6 Å². The van der Waals surface area contributed by atoms with E-state index >= 15 is 0 Å². The molecule has 3 aromatic rings. The number of thiazole rings is 1. The molecular weight excluding hydrogens is 358 g/mol. The van der Waals surface area contributed by atoms with E-state index in [0.29, 0.717) is 11.3 Å². The number of fused-ring (bicyclic) bond motifs is 1. The molecule has 1 aromatic heterocycles. The van der Waals surface area contributed by atoms with Gasteiger partial charge < -0.3 is 10.6 Å². The Morgan fingerprint density at radius 1 is 1.07 bits per heavy atom. The number of hydrogen-bond acceptors (Lipinski definition) is 4. The van der Waals surface area contributed by atoms with E-state index in [1.807, 2.05) is 64.1 Å². The number of benzene rings is 2. The molecule has 0 unspecified atom stereocenters. The van der Waals surface area contributed by atoms with Crippen molar-refractivity contribution in [3.8, 4) is 0 Å².